The number of rotatable bonds is 5. The zero-order chi connectivity index (χ0) is 14.4. The van der Waals surface area contributed by atoms with Crippen molar-refractivity contribution in [1.29, 1.82) is 0 Å². The van der Waals surface area contributed by atoms with Gasteiger partial charge in [0.05, 0.1) is 13.2 Å². The van der Waals surface area contributed by atoms with Crippen molar-refractivity contribution in [1.82, 2.24) is 5.32 Å². The maximum atomic E-state index is 5.39. The average molecular weight is 276 g/mol. The van der Waals surface area contributed by atoms with Gasteiger partial charge in [-0.1, -0.05) is 32.9 Å². The van der Waals surface area contributed by atoms with Crippen LogP contribution in [0.3, 0.4) is 0 Å². The summed E-state index contributed by atoms with van der Waals surface area (Å²) in [5, 5.41) is 3.52. The lowest BCUT2D eigenvalue weighted by atomic mass is 9.92. The van der Waals surface area contributed by atoms with E-state index in [0.29, 0.717) is 5.41 Å². The lowest BCUT2D eigenvalue weighted by Gasteiger charge is -2.29. The van der Waals surface area contributed by atoms with Gasteiger partial charge in [-0.3, -0.25) is 0 Å². The summed E-state index contributed by atoms with van der Waals surface area (Å²) in [4.78, 5) is 2.39. The summed E-state index contributed by atoms with van der Waals surface area (Å²) in [6.45, 7) is 12.6. The Balaban J connectivity index is 1.76. The smallest absolute Gasteiger partial charge is 0.0642 e. The number of hydrogen-bond acceptors (Lipinski definition) is 3. The monoisotopic (exact) mass is 276 g/mol. The van der Waals surface area contributed by atoms with Gasteiger partial charge in [-0.25, -0.2) is 0 Å². The molecule has 0 aromatic heterocycles. The largest absolute Gasteiger partial charge is 0.378 e. The first-order chi connectivity index (χ1) is 9.54. The third kappa shape index (κ3) is 5.14. The van der Waals surface area contributed by atoms with Crippen molar-refractivity contribution >= 4 is 5.69 Å². The van der Waals surface area contributed by atoms with Crippen molar-refractivity contribution in [3.63, 3.8) is 0 Å². The maximum absolute atomic E-state index is 5.39. The molecule has 2 rings (SSSR count). The van der Waals surface area contributed by atoms with Crippen LogP contribution in [0.4, 0.5) is 5.69 Å². The molecule has 1 fully saturated rings. The normalized spacial score (nSPS) is 16.4. The fraction of sp³-hybridized carbons (Fsp3) is 0.647. The van der Waals surface area contributed by atoms with Gasteiger partial charge in [0.2, 0.25) is 0 Å². The van der Waals surface area contributed by atoms with Crippen molar-refractivity contribution in [2.24, 2.45) is 5.41 Å². The molecule has 3 heteroatoms. The Morgan fingerprint density at radius 1 is 1.10 bits per heavy atom. The zero-order valence-corrected chi connectivity index (χ0v) is 13.1. The van der Waals surface area contributed by atoms with Crippen LogP contribution in [-0.2, 0) is 11.3 Å². The third-order valence-electron chi connectivity index (χ3n) is 3.69. The molecule has 3 nitrogen and oxygen atoms in total. The summed E-state index contributed by atoms with van der Waals surface area (Å²) in [5.41, 5.74) is 3.08. The summed E-state index contributed by atoms with van der Waals surface area (Å²) in [6, 6.07) is 8.92. The molecular formula is C17H28N2O. The van der Waals surface area contributed by atoms with E-state index in [1.807, 2.05) is 0 Å². The van der Waals surface area contributed by atoms with Crippen LogP contribution in [0.5, 0.6) is 0 Å². The number of morpholine rings is 1. The maximum Gasteiger partial charge on any atom is 0.0642 e. The molecule has 0 saturated carbocycles. The highest BCUT2D eigenvalue weighted by atomic mass is 16.5. The van der Waals surface area contributed by atoms with E-state index >= 15 is 0 Å². The Labute approximate surface area is 123 Å². The predicted molar refractivity (Wildman–Crippen MR) is 85.3 cm³/mol. The van der Waals surface area contributed by atoms with Gasteiger partial charge in [0.1, 0.15) is 0 Å². The molecule has 0 bridgehead atoms. The third-order valence-corrected chi connectivity index (χ3v) is 3.69. The highest BCUT2D eigenvalue weighted by molar-refractivity contribution is 5.47. The van der Waals surface area contributed by atoms with E-state index in [1.165, 1.54) is 17.7 Å². The lowest BCUT2D eigenvalue weighted by Crippen LogP contribution is -2.36. The van der Waals surface area contributed by atoms with Crippen LogP contribution in [0.2, 0.25) is 0 Å². The highest BCUT2D eigenvalue weighted by Crippen LogP contribution is 2.18. The first kappa shape index (κ1) is 15.3. The minimum absolute atomic E-state index is 0.410. The van der Waals surface area contributed by atoms with Crippen LogP contribution in [-0.4, -0.2) is 32.8 Å². The van der Waals surface area contributed by atoms with Crippen LogP contribution in [0.15, 0.2) is 24.3 Å². The lowest BCUT2D eigenvalue weighted by molar-refractivity contribution is 0.122. The van der Waals surface area contributed by atoms with Crippen molar-refractivity contribution in [3.05, 3.63) is 29.8 Å². The van der Waals surface area contributed by atoms with Crippen molar-refractivity contribution in [2.75, 3.05) is 37.7 Å². The van der Waals surface area contributed by atoms with Gasteiger partial charge in [-0.2, -0.15) is 0 Å². The standard InChI is InChI=1S/C17H28N2O/c1-17(2,3)8-9-18-14-15-4-6-16(7-5-15)19-10-12-20-13-11-19/h4-7,18H,8-14H2,1-3H3. The molecule has 20 heavy (non-hydrogen) atoms. The molecule has 0 unspecified atom stereocenters. The molecule has 1 aromatic carbocycles. The quantitative estimate of drug-likeness (QED) is 0.837. The predicted octanol–water partition coefficient (Wildman–Crippen LogP) is 3.05. The van der Waals surface area contributed by atoms with E-state index in [1.54, 1.807) is 0 Å². The van der Waals surface area contributed by atoms with E-state index in [-0.39, 0.29) is 0 Å². The van der Waals surface area contributed by atoms with Gasteiger partial charge in [-0.15, -0.1) is 0 Å². The molecule has 0 amide bonds. The van der Waals surface area contributed by atoms with Gasteiger partial charge in [-0.05, 0) is 36.1 Å². The van der Waals surface area contributed by atoms with E-state index in [4.69, 9.17) is 4.74 Å². The van der Waals surface area contributed by atoms with Gasteiger partial charge >= 0.3 is 0 Å². The number of nitrogens with one attached hydrogen (secondary N) is 1. The summed E-state index contributed by atoms with van der Waals surface area (Å²) in [7, 11) is 0. The molecule has 1 aromatic rings. The molecule has 1 heterocycles. The Bertz CT molecular complexity index is 388. The average Bonchev–Trinajstić information content (AvgIpc) is 2.44. The number of nitrogens with zero attached hydrogens (tertiary/aromatic N) is 1. The van der Waals surface area contributed by atoms with Crippen LogP contribution < -0.4 is 10.2 Å². The topological polar surface area (TPSA) is 24.5 Å². The van der Waals surface area contributed by atoms with E-state index in [0.717, 1.165) is 39.4 Å². The molecule has 1 N–H and O–H groups in total. The molecule has 0 radical (unpaired) electrons. The first-order valence-corrected chi connectivity index (χ1v) is 7.67. The molecule has 0 spiro atoms. The number of anilines is 1. The molecule has 0 atom stereocenters. The number of benzene rings is 1. The zero-order valence-electron chi connectivity index (χ0n) is 13.1. The van der Waals surface area contributed by atoms with Gasteiger partial charge in [0.25, 0.3) is 0 Å². The van der Waals surface area contributed by atoms with Crippen LogP contribution in [0, 0.1) is 5.41 Å². The van der Waals surface area contributed by atoms with Crippen molar-refractivity contribution in [3.8, 4) is 0 Å². The van der Waals surface area contributed by atoms with Crippen LogP contribution in [0.1, 0.15) is 32.8 Å². The fourth-order valence-corrected chi connectivity index (χ4v) is 2.34. The molecule has 0 aliphatic carbocycles. The Morgan fingerprint density at radius 3 is 2.35 bits per heavy atom. The van der Waals surface area contributed by atoms with E-state index in [2.05, 4.69) is 55.3 Å². The van der Waals surface area contributed by atoms with Gasteiger partial charge in [0.15, 0.2) is 0 Å². The summed E-state index contributed by atoms with van der Waals surface area (Å²) < 4.78 is 5.39. The Hall–Kier alpha value is -1.06. The minimum atomic E-state index is 0.410. The Kier molecular flexibility index (Phi) is 5.44. The molecular weight excluding hydrogens is 248 g/mol. The number of hydrogen-bond donors (Lipinski definition) is 1. The van der Waals surface area contributed by atoms with E-state index in [9.17, 15) is 0 Å². The second-order valence-electron chi connectivity index (χ2n) is 6.75. The molecule has 1 aliphatic rings. The summed E-state index contributed by atoms with van der Waals surface area (Å²) >= 11 is 0. The molecule has 1 aliphatic heterocycles. The van der Waals surface area contributed by atoms with Gasteiger partial charge in [0, 0.05) is 25.3 Å². The summed E-state index contributed by atoms with van der Waals surface area (Å²) in [6.07, 6.45) is 1.21. The second kappa shape index (κ2) is 7.09. The second-order valence-corrected chi connectivity index (χ2v) is 6.75. The fourth-order valence-electron chi connectivity index (χ4n) is 2.34. The van der Waals surface area contributed by atoms with Crippen LogP contribution >= 0.6 is 0 Å². The first-order valence-electron chi connectivity index (χ1n) is 7.67. The van der Waals surface area contributed by atoms with E-state index < -0.39 is 0 Å². The Morgan fingerprint density at radius 2 is 1.75 bits per heavy atom. The van der Waals surface area contributed by atoms with Crippen molar-refractivity contribution < 1.29 is 4.74 Å². The van der Waals surface area contributed by atoms with Gasteiger partial charge < -0.3 is 15.0 Å². The molecule has 112 valence electrons. The minimum Gasteiger partial charge on any atom is -0.378 e. The van der Waals surface area contributed by atoms with Crippen LogP contribution in [0.25, 0.3) is 0 Å². The van der Waals surface area contributed by atoms with Crippen molar-refractivity contribution in [2.45, 2.75) is 33.7 Å². The number of ether oxygens (including phenoxy) is 1. The summed E-state index contributed by atoms with van der Waals surface area (Å²) in [5.74, 6) is 0. The SMILES string of the molecule is CC(C)(C)CCNCc1ccc(N2CCOCC2)cc1. The molecule has 1 saturated heterocycles. The highest BCUT2D eigenvalue weighted by Gasteiger charge is 2.11.